The Morgan fingerprint density at radius 1 is 0.545 bits per heavy atom. The SMILES string of the molecule is Fc1c(F)c(F)c2c3c(c(F)c(F)c2c1F)N=C(c1ccccc1)CC(c1ccccc1)=C3. The first kappa shape index (κ1) is 21.0. The van der Waals surface area contributed by atoms with Crippen LogP contribution in [0.15, 0.2) is 65.7 Å². The Balaban J connectivity index is 1.95. The molecule has 4 aromatic rings. The number of nitrogens with zero attached hydrogens (tertiary/aromatic N) is 1. The minimum absolute atomic E-state index is 0.138. The average molecular weight is 453 g/mol. The Hall–Kier alpha value is -3.87. The number of allylic oxidation sites excluding steroid dienone is 1. The Kier molecular flexibility index (Phi) is 5.04. The molecule has 1 nitrogen and oxygen atoms in total. The van der Waals surface area contributed by atoms with Crippen LogP contribution >= 0.6 is 0 Å². The second-order valence-electron chi connectivity index (χ2n) is 7.53. The number of rotatable bonds is 2. The van der Waals surface area contributed by atoms with Crippen LogP contribution in [0.1, 0.15) is 23.1 Å². The zero-order valence-electron chi connectivity index (χ0n) is 16.8. The molecule has 0 aliphatic carbocycles. The fraction of sp³-hybridized carbons (Fsp3) is 0.0385. The zero-order chi connectivity index (χ0) is 23.3. The quantitative estimate of drug-likeness (QED) is 0.167. The molecule has 7 heteroatoms. The maximum absolute atomic E-state index is 15.1. The van der Waals surface area contributed by atoms with E-state index in [1.165, 1.54) is 6.08 Å². The summed E-state index contributed by atoms with van der Waals surface area (Å²) >= 11 is 0. The number of benzene rings is 4. The van der Waals surface area contributed by atoms with E-state index in [4.69, 9.17) is 0 Å². The maximum atomic E-state index is 15.1. The van der Waals surface area contributed by atoms with Crippen LogP contribution in [0.25, 0.3) is 22.4 Å². The smallest absolute Gasteiger partial charge is 0.198 e. The lowest BCUT2D eigenvalue weighted by atomic mass is 9.94. The summed E-state index contributed by atoms with van der Waals surface area (Å²) in [6.45, 7) is 0. The summed E-state index contributed by atoms with van der Waals surface area (Å²) in [5.41, 5.74) is 1.14. The van der Waals surface area contributed by atoms with E-state index in [1.54, 1.807) is 60.7 Å². The standard InChI is InChI=1S/C26H13F6N/c27-20-18-16-11-15(13-7-3-1-4-8-13)12-17(14-9-5-2-6-10-14)33-26(16)25(32)22(29)19(18)21(28)24(31)23(20)30/h1-11H,12H2. The van der Waals surface area contributed by atoms with Crippen molar-refractivity contribution in [3.05, 3.63) is 112 Å². The monoisotopic (exact) mass is 453 g/mol. The van der Waals surface area contributed by atoms with Crippen molar-refractivity contribution in [1.29, 1.82) is 0 Å². The van der Waals surface area contributed by atoms with Crippen molar-refractivity contribution in [2.45, 2.75) is 6.42 Å². The van der Waals surface area contributed by atoms with Gasteiger partial charge in [-0.15, -0.1) is 0 Å². The predicted octanol–water partition coefficient (Wildman–Crippen LogP) is 7.74. The van der Waals surface area contributed by atoms with Crippen molar-refractivity contribution in [1.82, 2.24) is 0 Å². The molecule has 0 saturated carbocycles. The van der Waals surface area contributed by atoms with Crippen LogP contribution in [0.5, 0.6) is 0 Å². The maximum Gasteiger partial charge on any atom is 0.198 e. The van der Waals surface area contributed by atoms with Gasteiger partial charge in [0, 0.05) is 17.4 Å². The largest absolute Gasteiger partial charge is 0.249 e. The highest BCUT2D eigenvalue weighted by Crippen LogP contribution is 2.43. The molecule has 0 saturated heterocycles. The van der Waals surface area contributed by atoms with E-state index in [0.717, 1.165) is 0 Å². The van der Waals surface area contributed by atoms with Crippen LogP contribution in [-0.4, -0.2) is 5.71 Å². The van der Waals surface area contributed by atoms with Crippen LogP contribution < -0.4 is 0 Å². The highest BCUT2D eigenvalue weighted by atomic mass is 19.2. The fourth-order valence-electron chi connectivity index (χ4n) is 4.01. The van der Waals surface area contributed by atoms with Crippen LogP contribution in [-0.2, 0) is 0 Å². The highest BCUT2D eigenvalue weighted by molar-refractivity contribution is 6.13. The van der Waals surface area contributed by atoms with Crippen molar-refractivity contribution in [3.8, 4) is 0 Å². The van der Waals surface area contributed by atoms with Gasteiger partial charge in [-0.3, -0.25) is 0 Å². The van der Waals surface area contributed by atoms with Gasteiger partial charge in [-0.05, 0) is 22.8 Å². The van der Waals surface area contributed by atoms with Crippen molar-refractivity contribution in [2.75, 3.05) is 0 Å². The highest BCUT2D eigenvalue weighted by Gasteiger charge is 2.31. The Morgan fingerprint density at radius 2 is 1.06 bits per heavy atom. The van der Waals surface area contributed by atoms with Crippen LogP contribution in [0.3, 0.4) is 0 Å². The Labute approximate surface area is 184 Å². The molecule has 1 aliphatic rings. The predicted molar refractivity (Wildman–Crippen MR) is 115 cm³/mol. The van der Waals surface area contributed by atoms with E-state index in [1.807, 2.05) is 0 Å². The van der Waals surface area contributed by atoms with Crippen LogP contribution in [0.2, 0.25) is 0 Å². The van der Waals surface area contributed by atoms with Gasteiger partial charge >= 0.3 is 0 Å². The molecule has 0 unspecified atom stereocenters. The average Bonchev–Trinajstić information content (AvgIpc) is 3.05. The van der Waals surface area contributed by atoms with Gasteiger partial charge in [-0.25, -0.2) is 31.3 Å². The molecule has 0 radical (unpaired) electrons. The van der Waals surface area contributed by atoms with Gasteiger partial charge in [-0.1, -0.05) is 60.7 Å². The van der Waals surface area contributed by atoms with Gasteiger partial charge in [0.25, 0.3) is 0 Å². The van der Waals surface area contributed by atoms with Crippen LogP contribution in [0, 0.1) is 34.9 Å². The number of halogens is 6. The lowest BCUT2D eigenvalue weighted by Crippen LogP contribution is -2.04. The zero-order valence-corrected chi connectivity index (χ0v) is 16.8. The molecule has 0 N–H and O–H groups in total. The third-order valence-electron chi connectivity index (χ3n) is 5.59. The lowest BCUT2D eigenvalue weighted by molar-refractivity contribution is 0.414. The van der Waals surface area contributed by atoms with E-state index < -0.39 is 51.4 Å². The van der Waals surface area contributed by atoms with Gasteiger partial charge in [0.15, 0.2) is 34.9 Å². The molecule has 4 aromatic carbocycles. The number of fused-ring (bicyclic) bond motifs is 3. The molecule has 0 amide bonds. The fourth-order valence-corrected chi connectivity index (χ4v) is 4.01. The van der Waals surface area contributed by atoms with Crippen LogP contribution in [0.4, 0.5) is 32.0 Å². The van der Waals surface area contributed by atoms with E-state index in [9.17, 15) is 22.0 Å². The molecule has 5 rings (SSSR count). The summed E-state index contributed by atoms with van der Waals surface area (Å²) in [5.74, 6) is -11.6. The van der Waals surface area contributed by atoms with Crippen molar-refractivity contribution in [2.24, 2.45) is 4.99 Å². The number of hydrogen-bond acceptors (Lipinski definition) is 1. The van der Waals surface area contributed by atoms with Gasteiger partial charge in [-0.2, -0.15) is 0 Å². The molecule has 33 heavy (non-hydrogen) atoms. The topological polar surface area (TPSA) is 12.4 Å². The molecular weight excluding hydrogens is 440 g/mol. The Morgan fingerprint density at radius 3 is 1.67 bits per heavy atom. The number of aliphatic imine (C=N–C) groups is 1. The van der Waals surface area contributed by atoms with E-state index in [2.05, 4.69) is 4.99 Å². The molecular formula is C26H13F6N. The van der Waals surface area contributed by atoms with Gasteiger partial charge in [0.1, 0.15) is 5.69 Å². The van der Waals surface area contributed by atoms with Crippen molar-refractivity contribution >= 4 is 33.8 Å². The number of hydrogen-bond donors (Lipinski definition) is 0. The van der Waals surface area contributed by atoms with Gasteiger partial charge < -0.3 is 0 Å². The summed E-state index contributed by atoms with van der Waals surface area (Å²) in [5, 5.41) is -2.21. The first-order valence-electron chi connectivity index (χ1n) is 9.94. The van der Waals surface area contributed by atoms with Gasteiger partial charge in [0.2, 0.25) is 0 Å². The molecule has 164 valence electrons. The van der Waals surface area contributed by atoms with E-state index >= 15 is 4.39 Å². The minimum Gasteiger partial charge on any atom is -0.249 e. The third kappa shape index (κ3) is 3.31. The summed E-state index contributed by atoms with van der Waals surface area (Å²) in [6, 6.07) is 17.5. The minimum atomic E-state index is -2.22. The van der Waals surface area contributed by atoms with Gasteiger partial charge in [0.05, 0.1) is 11.1 Å². The normalized spacial score (nSPS) is 13.4. The van der Waals surface area contributed by atoms with E-state index in [0.29, 0.717) is 22.4 Å². The summed E-state index contributed by atoms with van der Waals surface area (Å²) < 4.78 is 87.3. The Bertz CT molecular complexity index is 1470. The summed E-state index contributed by atoms with van der Waals surface area (Å²) in [4.78, 5) is 4.26. The second-order valence-corrected chi connectivity index (χ2v) is 7.53. The third-order valence-corrected chi connectivity index (χ3v) is 5.59. The van der Waals surface area contributed by atoms with Crippen molar-refractivity contribution in [3.63, 3.8) is 0 Å². The summed E-state index contributed by atoms with van der Waals surface area (Å²) in [7, 11) is 0. The second kappa shape index (κ2) is 7.92. The molecule has 0 aromatic heterocycles. The lowest BCUT2D eigenvalue weighted by Gasteiger charge is -2.13. The molecule has 1 aliphatic heterocycles. The van der Waals surface area contributed by atoms with Crippen molar-refractivity contribution < 1.29 is 26.3 Å². The first-order chi connectivity index (χ1) is 15.9. The molecule has 0 spiro atoms. The molecule has 0 atom stereocenters. The molecule has 1 heterocycles. The molecule has 0 bridgehead atoms. The van der Waals surface area contributed by atoms with E-state index in [-0.39, 0.29) is 12.0 Å². The first-order valence-corrected chi connectivity index (χ1v) is 9.94. The molecule has 0 fully saturated rings. The summed E-state index contributed by atoms with van der Waals surface area (Å²) in [6.07, 6.45) is 1.45.